The molecule has 0 aliphatic carbocycles. The number of Topliss-reactive ketones (excluding diaryl/α,β-unsaturated/α-hetero) is 1. The Balaban J connectivity index is 2.00. The first-order valence-electron chi connectivity index (χ1n) is 6.64. The number of morpholine rings is 1. The summed E-state index contributed by atoms with van der Waals surface area (Å²) in [5, 5.41) is 1.04. The van der Waals surface area contributed by atoms with Crippen molar-refractivity contribution in [2.75, 3.05) is 31.2 Å². The van der Waals surface area contributed by atoms with Crippen molar-refractivity contribution in [3.05, 3.63) is 36.0 Å². The summed E-state index contributed by atoms with van der Waals surface area (Å²) in [5.74, 6) is 0.102. The van der Waals surface area contributed by atoms with Crippen LogP contribution in [0, 0.1) is 0 Å². The Labute approximate surface area is 122 Å². The van der Waals surface area contributed by atoms with Crippen molar-refractivity contribution < 1.29 is 9.53 Å². The third-order valence-electron chi connectivity index (χ3n) is 3.31. The van der Waals surface area contributed by atoms with Crippen LogP contribution in [0.3, 0.4) is 0 Å². The van der Waals surface area contributed by atoms with E-state index in [4.69, 9.17) is 4.74 Å². The number of hydrogen-bond acceptors (Lipinski definition) is 5. The fourth-order valence-corrected chi connectivity index (χ4v) is 3.50. The van der Waals surface area contributed by atoms with Gasteiger partial charge in [0, 0.05) is 19.3 Å². The molecule has 4 nitrogen and oxygen atoms in total. The number of carbonyl (C=O) groups excluding carboxylic acids is 1. The molecule has 1 fully saturated rings. The smallest absolute Gasteiger partial charge is 0.162 e. The van der Waals surface area contributed by atoms with Crippen molar-refractivity contribution >= 4 is 22.1 Å². The molecule has 3 heterocycles. The molecular weight excluding hydrogens is 272 g/mol. The maximum Gasteiger partial charge on any atom is 0.162 e. The quantitative estimate of drug-likeness (QED) is 0.815. The molecule has 5 heteroatoms. The molecule has 0 N–H and O–H groups in total. The summed E-state index contributed by atoms with van der Waals surface area (Å²) in [7, 11) is 0. The second-order valence-corrected chi connectivity index (χ2v) is 5.73. The van der Waals surface area contributed by atoms with Gasteiger partial charge in [-0.2, -0.15) is 0 Å². The number of aromatic nitrogens is 1. The van der Waals surface area contributed by atoms with Gasteiger partial charge in [0.1, 0.15) is 5.00 Å². The second kappa shape index (κ2) is 5.73. The number of ketones is 1. The lowest BCUT2D eigenvalue weighted by Gasteiger charge is -2.28. The first-order chi connectivity index (χ1) is 9.75. The van der Waals surface area contributed by atoms with Crippen molar-refractivity contribution in [3.8, 4) is 10.6 Å². The fraction of sp³-hybridized carbons (Fsp3) is 0.333. The molecule has 0 saturated carbocycles. The molecule has 1 aliphatic rings. The van der Waals surface area contributed by atoms with E-state index in [1.807, 2.05) is 24.3 Å². The first kappa shape index (κ1) is 13.3. The maximum atomic E-state index is 11.9. The molecule has 1 saturated heterocycles. The third kappa shape index (κ3) is 2.59. The van der Waals surface area contributed by atoms with E-state index in [0.29, 0.717) is 13.2 Å². The summed E-state index contributed by atoms with van der Waals surface area (Å²) in [6.07, 6.45) is 1.77. The molecule has 1 aliphatic heterocycles. The van der Waals surface area contributed by atoms with E-state index in [9.17, 15) is 4.79 Å². The topological polar surface area (TPSA) is 42.4 Å². The largest absolute Gasteiger partial charge is 0.378 e. The van der Waals surface area contributed by atoms with Crippen LogP contribution in [-0.4, -0.2) is 37.1 Å². The highest BCUT2D eigenvalue weighted by atomic mass is 32.1. The Morgan fingerprint density at radius 3 is 2.80 bits per heavy atom. The zero-order chi connectivity index (χ0) is 13.9. The van der Waals surface area contributed by atoms with E-state index < -0.39 is 0 Å². The molecule has 0 unspecified atom stereocenters. The lowest BCUT2D eigenvalue weighted by molar-refractivity contribution is 0.101. The normalized spacial score (nSPS) is 15.3. The zero-order valence-electron chi connectivity index (χ0n) is 11.3. The highest BCUT2D eigenvalue weighted by Gasteiger charge is 2.21. The van der Waals surface area contributed by atoms with Gasteiger partial charge in [0.2, 0.25) is 0 Å². The van der Waals surface area contributed by atoms with Gasteiger partial charge in [0.25, 0.3) is 0 Å². The first-order valence-corrected chi connectivity index (χ1v) is 7.46. The summed E-state index contributed by atoms with van der Waals surface area (Å²) in [4.78, 5) is 19.5. The van der Waals surface area contributed by atoms with Crippen LogP contribution < -0.4 is 4.90 Å². The predicted octanol–water partition coefficient (Wildman–Crippen LogP) is 2.85. The Bertz CT molecular complexity index is 604. The van der Waals surface area contributed by atoms with Crippen molar-refractivity contribution in [2.45, 2.75) is 6.92 Å². The third-order valence-corrected chi connectivity index (χ3v) is 4.53. The number of carbonyl (C=O) groups is 1. The standard InChI is InChI=1S/C15H16N2O2S/c1-11(18)12-10-14(13-4-2-3-5-16-13)20-15(12)17-6-8-19-9-7-17/h2-5,10H,6-9H2,1H3. The number of hydrogen-bond donors (Lipinski definition) is 0. The number of pyridine rings is 1. The van der Waals surface area contributed by atoms with Gasteiger partial charge in [-0.25, -0.2) is 0 Å². The molecule has 0 amide bonds. The summed E-state index contributed by atoms with van der Waals surface area (Å²) in [5.41, 5.74) is 1.71. The molecule has 20 heavy (non-hydrogen) atoms. The minimum Gasteiger partial charge on any atom is -0.378 e. The van der Waals surface area contributed by atoms with Crippen LogP contribution in [0.2, 0.25) is 0 Å². The van der Waals surface area contributed by atoms with Crippen LogP contribution in [0.4, 0.5) is 5.00 Å². The number of thiophene rings is 1. The van der Waals surface area contributed by atoms with E-state index in [-0.39, 0.29) is 5.78 Å². The van der Waals surface area contributed by atoms with Crippen molar-refractivity contribution in [1.29, 1.82) is 0 Å². The summed E-state index contributed by atoms with van der Waals surface area (Å²) in [6.45, 7) is 4.72. The van der Waals surface area contributed by atoms with E-state index >= 15 is 0 Å². The van der Waals surface area contributed by atoms with Gasteiger partial charge in [-0.15, -0.1) is 11.3 Å². The van der Waals surface area contributed by atoms with Crippen LogP contribution in [-0.2, 0) is 4.74 Å². The van der Waals surface area contributed by atoms with Gasteiger partial charge in [-0.1, -0.05) is 6.07 Å². The number of ether oxygens (including phenoxy) is 1. The summed E-state index contributed by atoms with van der Waals surface area (Å²) < 4.78 is 5.38. The fourth-order valence-electron chi connectivity index (χ4n) is 2.27. The number of nitrogens with zero attached hydrogens (tertiary/aromatic N) is 2. The summed E-state index contributed by atoms with van der Waals surface area (Å²) >= 11 is 1.63. The van der Waals surface area contributed by atoms with Gasteiger partial charge in [-0.3, -0.25) is 9.78 Å². The van der Waals surface area contributed by atoms with Gasteiger partial charge in [0.05, 0.1) is 29.3 Å². The average Bonchev–Trinajstić information content (AvgIpc) is 2.94. The Morgan fingerprint density at radius 2 is 2.15 bits per heavy atom. The Hall–Kier alpha value is -1.72. The van der Waals surface area contributed by atoms with E-state index in [1.165, 1.54) is 0 Å². The zero-order valence-corrected chi connectivity index (χ0v) is 12.2. The predicted molar refractivity (Wildman–Crippen MR) is 80.6 cm³/mol. The van der Waals surface area contributed by atoms with Crippen LogP contribution in [0.1, 0.15) is 17.3 Å². The molecular formula is C15H16N2O2S. The highest BCUT2D eigenvalue weighted by molar-refractivity contribution is 7.19. The molecule has 3 rings (SSSR count). The number of rotatable bonds is 3. The molecule has 0 atom stereocenters. The van der Waals surface area contributed by atoms with Crippen LogP contribution in [0.15, 0.2) is 30.5 Å². The van der Waals surface area contributed by atoms with E-state index in [2.05, 4.69) is 9.88 Å². The minimum absolute atomic E-state index is 0.102. The van der Waals surface area contributed by atoms with Gasteiger partial charge in [-0.05, 0) is 25.1 Å². The van der Waals surface area contributed by atoms with Gasteiger partial charge in [0.15, 0.2) is 5.78 Å². The van der Waals surface area contributed by atoms with Crippen molar-refractivity contribution in [3.63, 3.8) is 0 Å². The Morgan fingerprint density at radius 1 is 1.35 bits per heavy atom. The van der Waals surface area contributed by atoms with Crippen LogP contribution in [0.25, 0.3) is 10.6 Å². The molecule has 0 spiro atoms. The van der Waals surface area contributed by atoms with Crippen molar-refractivity contribution in [2.24, 2.45) is 0 Å². The number of anilines is 1. The second-order valence-electron chi connectivity index (χ2n) is 4.70. The Kier molecular flexibility index (Phi) is 3.80. The van der Waals surface area contributed by atoms with Crippen LogP contribution in [0.5, 0.6) is 0 Å². The molecule has 0 bridgehead atoms. The average molecular weight is 288 g/mol. The maximum absolute atomic E-state index is 11.9. The highest BCUT2D eigenvalue weighted by Crippen LogP contribution is 2.37. The van der Waals surface area contributed by atoms with Gasteiger partial charge >= 0.3 is 0 Å². The summed E-state index contributed by atoms with van der Waals surface area (Å²) in [6, 6.07) is 7.79. The molecule has 2 aromatic heterocycles. The monoisotopic (exact) mass is 288 g/mol. The van der Waals surface area contributed by atoms with Crippen molar-refractivity contribution in [1.82, 2.24) is 4.98 Å². The minimum atomic E-state index is 0.102. The van der Waals surface area contributed by atoms with Gasteiger partial charge < -0.3 is 9.64 Å². The SMILES string of the molecule is CC(=O)c1cc(-c2ccccn2)sc1N1CCOCC1. The van der Waals surface area contributed by atoms with Crippen LogP contribution >= 0.6 is 11.3 Å². The lowest BCUT2D eigenvalue weighted by Crippen LogP contribution is -2.36. The molecule has 104 valence electrons. The lowest BCUT2D eigenvalue weighted by atomic mass is 10.2. The molecule has 0 radical (unpaired) electrons. The van der Waals surface area contributed by atoms with E-state index in [0.717, 1.165) is 34.2 Å². The molecule has 0 aromatic carbocycles. The molecule has 2 aromatic rings. The van der Waals surface area contributed by atoms with E-state index in [1.54, 1.807) is 24.5 Å².